The van der Waals surface area contributed by atoms with E-state index in [0.29, 0.717) is 6.54 Å². The molecule has 4 heteroatoms. The monoisotopic (exact) mass is 210 g/mol. The lowest BCUT2D eigenvalue weighted by molar-refractivity contribution is -0.0989. The van der Waals surface area contributed by atoms with Crippen LogP contribution < -0.4 is 5.32 Å². The lowest BCUT2D eigenvalue weighted by atomic mass is 10.1. The van der Waals surface area contributed by atoms with Crippen molar-refractivity contribution < 1.29 is 9.47 Å². The maximum atomic E-state index is 5.07. The zero-order valence-corrected chi connectivity index (χ0v) is 9.49. The van der Waals surface area contributed by atoms with E-state index in [1.807, 2.05) is 12.3 Å². The van der Waals surface area contributed by atoms with E-state index in [-0.39, 0.29) is 6.29 Å². The van der Waals surface area contributed by atoms with E-state index in [1.165, 1.54) is 11.1 Å². The van der Waals surface area contributed by atoms with Gasteiger partial charge >= 0.3 is 0 Å². The SMILES string of the molecule is COC(CNCc1cnccc1C)OC. The van der Waals surface area contributed by atoms with Crippen LogP contribution in [0.4, 0.5) is 0 Å². The first kappa shape index (κ1) is 12.1. The Labute approximate surface area is 90.6 Å². The third kappa shape index (κ3) is 3.95. The Bertz CT molecular complexity index is 288. The molecule has 1 heterocycles. The predicted octanol–water partition coefficient (Wildman–Crippen LogP) is 1.10. The molecule has 0 aromatic carbocycles. The summed E-state index contributed by atoms with van der Waals surface area (Å²) >= 11 is 0. The van der Waals surface area contributed by atoms with E-state index in [4.69, 9.17) is 9.47 Å². The van der Waals surface area contributed by atoms with Crippen LogP contribution in [-0.4, -0.2) is 32.0 Å². The molecule has 4 nitrogen and oxygen atoms in total. The lowest BCUT2D eigenvalue weighted by Gasteiger charge is -2.14. The molecule has 1 N–H and O–H groups in total. The number of hydrogen-bond donors (Lipinski definition) is 1. The normalized spacial score (nSPS) is 10.9. The highest BCUT2D eigenvalue weighted by Crippen LogP contribution is 2.03. The Morgan fingerprint density at radius 1 is 1.40 bits per heavy atom. The van der Waals surface area contributed by atoms with Crippen LogP contribution >= 0.6 is 0 Å². The van der Waals surface area contributed by atoms with E-state index in [2.05, 4.69) is 17.2 Å². The molecule has 15 heavy (non-hydrogen) atoms. The van der Waals surface area contributed by atoms with Crippen LogP contribution in [0.3, 0.4) is 0 Å². The molecule has 0 aliphatic heterocycles. The highest BCUT2D eigenvalue weighted by atomic mass is 16.7. The van der Waals surface area contributed by atoms with E-state index in [9.17, 15) is 0 Å². The molecular formula is C11H18N2O2. The zero-order chi connectivity index (χ0) is 11.1. The van der Waals surface area contributed by atoms with E-state index >= 15 is 0 Å². The Balaban J connectivity index is 2.34. The third-order valence-corrected chi connectivity index (χ3v) is 2.30. The number of hydrogen-bond acceptors (Lipinski definition) is 4. The highest BCUT2D eigenvalue weighted by Gasteiger charge is 2.04. The molecule has 1 rings (SSSR count). The summed E-state index contributed by atoms with van der Waals surface area (Å²) in [4.78, 5) is 4.08. The van der Waals surface area contributed by atoms with E-state index in [1.54, 1.807) is 20.4 Å². The molecule has 0 fully saturated rings. The van der Waals surface area contributed by atoms with Gasteiger partial charge in [0.25, 0.3) is 0 Å². The van der Waals surface area contributed by atoms with Gasteiger partial charge in [-0.15, -0.1) is 0 Å². The summed E-state index contributed by atoms with van der Waals surface area (Å²) in [6.45, 7) is 3.52. The topological polar surface area (TPSA) is 43.4 Å². The van der Waals surface area contributed by atoms with Crippen LogP contribution in [0.2, 0.25) is 0 Å². The van der Waals surface area contributed by atoms with Crippen molar-refractivity contribution in [3.8, 4) is 0 Å². The van der Waals surface area contributed by atoms with Crippen molar-refractivity contribution in [1.82, 2.24) is 10.3 Å². The minimum atomic E-state index is -0.193. The van der Waals surface area contributed by atoms with Gasteiger partial charge in [-0.2, -0.15) is 0 Å². The van der Waals surface area contributed by atoms with Gasteiger partial charge in [0.2, 0.25) is 0 Å². The van der Waals surface area contributed by atoms with Gasteiger partial charge in [-0.05, 0) is 24.1 Å². The fourth-order valence-corrected chi connectivity index (χ4v) is 1.27. The van der Waals surface area contributed by atoms with Crippen LogP contribution in [0, 0.1) is 6.92 Å². The van der Waals surface area contributed by atoms with Gasteiger partial charge in [0.05, 0.1) is 0 Å². The molecule has 0 spiro atoms. The number of aryl methyl sites for hydroxylation is 1. The maximum absolute atomic E-state index is 5.07. The van der Waals surface area contributed by atoms with Gasteiger partial charge in [0, 0.05) is 39.7 Å². The molecule has 0 saturated carbocycles. The number of methoxy groups -OCH3 is 2. The summed E-state index contributed by atoms with van der Waals surface area (Å²) in [5, 5.41) is 3.25. The number of ether oxygens (including phenoxy) is 2. The molecular weight excluding hydrogens is 192 g/mol. The molecule has 0 aliphatic carbocycles. The molecule has 0 amide bonds. The van der Waals surface area contributed by atoms with Gasteiger partial charge in [0.15, 0.2) is 6.29 Å². The van der Waals surface area contributed by atoms with Crippen LogP contribution in [0.25, 0.3) is 0 Å². The van der Waals surface area contributed by atoms with Gasteiger partial charge < -0.3 is 14.8 Å². The minimum absolute atomic E-state index is 0.193. The van der Waals surface area contributed by atoms with E-state index in [0.717, 1.165) is 6.54 Å². The van der Waals surface area contributed by atoms with Crippen molar-refractivity contribution in [1.29, 1.82) is 0 Å². The fourth-order valence-electron chi connectivity index (χ4n) is 1.27. The van der Waals surface area contributed by atoms with Gasteiger partial charge in [-0.25, -0.2) is 0 Å². The molecule has 84 valence electrons. The average Bonchev–Trinajstić information content (AvgIpc) is 2.27. The van der Waals surface area contributed by atoms with Crippen molar-refractivity contribution in [2.75, 3.05) is 20.8 Å². The van der Waals surface area contributed by atoms with E-state index < -0.39 is 0 Å². The van der Waals surface area contributed by atoms with Crippen LogP contribution in [0.1, 0.15) is 11.1 Å². The van der Waals surface area contributed by atoms with Crippen LogP contribution in [0.15, 0.2) is 18.5 Å². The fraction of sp³-hybridized carbons (Fsp3) is 0.545. The Morgan fingerprint density at radius 2 is 2.13 bits per heavy atom. The van der Waals surface area contributed by atoms with Gasteiger partial charge in [0.1, 0.15) is 0 Å². The number of nitrogens with one attached hydrogen (secondary N) is 1. The number of pyridine rings is 1. The first-order chi connectivity index (χ1) is 7.27. The molecule has 0 bridgehead atoms. The van der Waals surface area contributed by atoms with Crippen molar-refractivity contribution in [3.05, 3.63) is 29.6 Å². The molecule has 0 aliphatic rings. The number of aromatic nitrogens is 1. The Hall–Kier alpha value is -0.970. The maximum Gasteiger partial charge on any atom is 0.169 e. The number of nitrogens with zero attached hydrogens (tertiary/aromatic N) is 1. The summed E-state index contributed by atoms with van der Waals surface area (Å²) in [5.74, 6) is 0. The quantitative estimate of drug-likeness (QED) is 0.714. The molecule has 0 radical (unpaired) electrons. The summed E-state index contributed by atoms with van der Waals surface area (Å²) in [6, 6.07) is 2.00. The smallest absolute Gasteiger partial charge is 0.169 e. The summed E-state index contributed by atoms with van der Waals surface area (Å²) in [7, 11) is 3.26. The molecule has 0 atom stereocenters. The van der Waals surface area contributed by atoms with Gasteiger partial charge in [-0.3, -0.25) is 4.98 Å². The summed E-state index contributed by atoms with van der Waals surface area (Å²) < 4.78 is 10.1. The molecule has 1 aromatic rings. The van der Waals surface area contributed by atoms with Crippen molar-refractivity contribution >= 4 is 0 Å². The second-order valence-electron chi connectivity index (χ2n) is 3.33. The molecule has 0 saturated heterocycles. The minimum Gasteiger partial charge on any atom is -0.355 e. The molecule has 0 unspecified atom stereocenters. The average molecular weight is 210 g/mol. The second-order valence-corrected chi connectivity index (χ2v) is 3.33. The predicted molar refractivity (Wildman–Crippen MR) is 58.5 cm³/mol. The third-order valence-electron chi connectivity index (χ3n) is 2.30. The number of rotatable bonds is 6. The Morgan fingerprint density at radius 3 is 2.73 bits per heavy atom. The van der Waals surface area contributed by atoms with Crippen molar-refractivity contribution in [2.24, 2.45) is 0 Å². The van der Waals surface area contributed by atoms with Crippen LogP contribution in [-0.2, 0) is 16.0 Å². The highest BCUT2D eigenvalue weighted by molar-refractivity contribution is 5.20. The zero-order valence-electron chi connectivity index (χ0n) is 9.49. The summed E-state index contributed by atoms with van der Waals surface area (Å²) in [6.07, 6.45) is 3.48. The van der Waals surface area contributed by atoms with Gasteiger partial charge in [-0.1, -0.05) is 0 Å². The van der Waals surface area contributed by atoms with Crippen molar-refractivity contribution in [3.63, 3.8) is 0 Å². The van der Waals surface area contributed by atoms with Crippen molar-refractivity contribution in [2.45, 2.75) is 19.8 Å². The Kier molecular flexibility index (Phi) is 5.25. The molecule has 1 aromatic heterocycles. The van der Waals surface area contributed by atoms with Crippen LogP contribution in [0.5, 0.6) is 0 Å². The standard InChI is InChI=1S/C11H18N2O2/c1-9-4-5-12-6-10(9)7-13-8-11(14-2)15-3/h4-6,11,13H,7-8H2,1-3H3. The largest absolute Gasteiger partial charge is 0.355 e. The first-order valence-electron chi connectivity index (χ1n) is 4.93. The summed E-state index contributed by atoms with van der Waals surface area (Å²) in [5.41, 5.74) is 2.44. The first-order valence-corrected chi connectivity index (χ1v) is 4.93. The lowest BCUT2D eigenvalue weighted by Crippen LogP contribution is -2.29. The second kappa shape index (κ2) is 6.50.